The summed E-state index contributed by atoms with van der Waals surface area (Å²) in [5.41, 5.74) is 0.766. The second-order valence-corrected chi connectivity index (χ2v) is 6.55. The highest BCUT2D eigenvalue weighted by atomic mass is 16.5. The van der Waals surface area contributed by atoms with Crippen molar-refractivity contribution in [3.63, 3.8) is 0 Å². The molecular weight excluding hydrogens is 322 g/mol. The van der Waals surface area contributed by atoms with Crippen molar-refractivity contribution in [3.05, 3.63) is 23.2 Å². The van der Waals surface area contributed by atoms with E-state index < -0.39 is 0 Å². The fourth-order valence-corrected chi connectivity index (χ4v) is 3.12. The molecule has 7 heteroatoms. The van der Waals surface area contributed by atoms with Gasteiger partial charge in [0.25, 0.3) is 0 Å². The van der Waals surface area contributed by atoms with Gasteiger partial charge in [-0.3, -0.25) is 4.99 Å². The van der Waals surface area contributed by atoms with Crippen molar-refractivity contribution < 1.29 is 18.7 Å². The van der Waals surface area contributed by atoms with E-state index in [-0.39, 0.29) is 5.97 Å². The van der Waals surface area contributed by atoms with Crippen LogP contribution in [0, 0.1) is 12.3 Å². The Morgan fingerprint density at radius 2 is 2.12 bits per heavy atom. The molecule has 7 nitrogen and oxygen atoms in total. The highest BCUT2D eigenvalue weighted by Crippen LogP contribution is 2.43. The monoisotopic (exact) mass is 351 g/mol. The Morgan fingerprint density at radius 3 is 2.68 bits per heavy atom. The van der Waals surface area contributed by atoms with Crippen molar-refractivity contribution in [1.82, 2.24) is 10.6 Å². The molecule has 1 aliphatic carbocycles. The summed E-state index contributed by atoms with van der Waals surface area (Å²) in [6.07, 6.45) is 4.78. The molecule has 2 N–H and O–H groups in total. The minimum Gasteiger partial charge on any atom is -0.465 e. The van der Waals surface area contributed by atoms with Crippen LogP contribution in [-0.2, 0) is 16.0 Å². The van der Waals surface area contributed by atoms with Gasteiger partial charge in [-0.25, -0.2) is 4.79 Å². The van der Waals surface area contributed by atoms with E-state index in [1.54, 1.807) is 27.1 Å². The van der Waals surface area contributed by atoms with Crippen molar-refractivity contribution >= 4 is 11.9 Å². The van der Waals surface area contributed by atoms with Gasteiger partial charge in [0.15, 0.2) is 5.96 Å². The van der Waals surface area contributed by atoms with Crippen LogP contribution in [-0.4, -0.2) is 46.3 Å². The lowest BCUT2D eigenvalue weighted by Crippen LogP contribution is -2.46. The first-order valence-corrected chi connectivity index (χ1v) is 8.64. The molecule has 2 rings (SSSR count). The Bertz CT molecular complexity index is 605. The Hall–Kier alpha value is -2.02. The number of rotatable bonds is 8. The lowest BCUT2D eigenvalue weighted by Gasteiger charge is -2.42. The highest BCUT2D eigenvalue weighted by Gasteiger charge is 2.36. The molecule has 1 heterocycles. The van der Waals surface area contributed by atoms with Crippen molar-refractivity contribution in [1.29, 1.82) is 0 Å². The maximum absolute atomic E-state index is 11.6. The summed E-state index contributed by atoms with van der Waals surface area (Å²) in [7, 11) is 4.84. The highest BCUT2D eigenvalue weighted by molar-refractivity contribution is 5.90. The van der Waals surface area contributed by atoms with Gasteiger partial charge in [-0.05, 0) is 37.7 Å². The molecule has 0 amide bonds. The Balaban J connectivity index is 1.85. The Labute approximate surface area is 149 Å². The summed E-state index contributed by atoms with van der Waals surface area (Å²) in [6.45, 7) is 3.86. The number of methoxy groups -OCH3 is 2. The minimum atomic E-state index is -0.389. The smallest absolute Gasteiger partial charge is 0.341 e. The molecule has 25 heavy (non-hydrogen) atoms. The Morgan fingerprint density at radius 1 is 1.36 bits per heavy atom. The van der Waals surface area contributed by atoms with Crippen LogP contribution in [0.5, 0.6) is 0 Å². The molecule has 140 valence electrons. The van der Waals surface area contributed by atoms with Crippen LogP contribution in [0.3, 0.4) is 0 Å². The zero-order valence-electron chi connectivity index (χ0n) is 15.6. The molecule has 0 spiro atoms. The topological polar surface area (TPSA) is 85.1 Å². The van der Waals surface area contributed by atoms with Crippen molar-refractivity contribution in [2.24, 2.45) is 10.4 Å². The van der Waals surface area contributed by atoms with E-state index >= 15 is 0 Å². The molecule has 0 unspecified atom stereocenters. The maximum Gasteiger partial charge on any atom is 0.341 e. The van der Waals surface area contributed by atoms with Gasteiger partial charge < -0.3 is 24.5 Å². The van der Waals surface area contributed by atoms with Gasteiger partial charge in [0, 0.05) is 27.3 Å². The van der Waals surface area contributed by atoms with Gasteiger partial charge in [0.1, 0.15) is 17.1 Å². The number of guanidine groups is 1. The fraction of sp³-hybridized carbons (Fsp3) is 0.667. The van der Waals surface area contributed by atoms with Crippen molar-refractivity contribution in [2.45, 2.75) is 39.2 Å². The standard InChI is InChI=1S/C18H29N3O4/c1-13-15(16(22)24-4)10-14(25-13)11-20-17(19-2)21-12-18(6-5-7-18)8-9-23-3/h10H,5-9,11-12H2,1-4H3,(H2,19,20,21). The number of ether oxygens (including phenoxy) is 2. The number of esters is 1. The van der Waals surface area contributed by atoms with Crippen LogP contribution < -0.4 is 10.6 Å². The normalized spacial score (nSPS) is 16.2. The van der Waals surface area contributed by atoms with Crippen LogP contribution in [0.1, 0.15) is 47.6 Å². The third-order valence-electron chi connectivity index (χ3n) is 4.91. The van der Waals surface area contributed by atoms with Gasteiger partial charge in [0.05, 0.1) is 13.7 Å². The summed E-state index contributed by atoms with van der Waals surface area (Å²) in [5.74, 6) is 1.55. The van der Waals surface area contributed by atoms with E-state index in [0.717, 1.165) is 25.5 Å². The van der Waals surface area contributed by atoms with Crippen LogP contribution in [0.15, 0.2) is 15.5 Å². The van der Waals surface area contributed by atoms with Crippen LogP contribution >= 0.6 is 0 Å². The summed E-state index contributed by atoms with van der Waals surface area (Å²) in [4.78, 5) is 15.9. The average molecular weight is 351 g/mol. The van der Waals surface area contributed by atoms with Gasteiger partial charge in [-0.1, -0.05) is 6.42 Å². The quantitative estimate of drug-likeness (QED) is 0.424. The zero-order valence-corrected chi connectivity index (χ0v) is 15.6. The molecule has 0 bridgehead atoms. The fourth-order valence-electron chi connectivity index (χ4n) is 3.12. The second kappa shape index (κ2) is 8.89. The SMILES string of the molecule is CN=C(NCc1cc(C(=O)OC)c(C)o1)NCC1(CCOC)CCC1. The molecule has 1 aromatic heterocycles. The van der Waals surface area contributed by atoms with Gasteiger partial charge in [-0.15, -0.1) is 0 Å². The molecular formula is C18H29N3O4. The van der Waals surface area contributed by atoms with Crippen molar-refractivity contribution in [3.8, 4) is 0 Å². The van der Waals surface area contributed by atoms with Gasteiger partial charge in [0.2, 0.25) is 0 Å². The molecule has 1 saturated carbocycles. The molecule has 0 radical (unpaired) electrons. The van der Waals surface area contributed by atoms with E-state index in [1.807, 2.05) is 0 Å². The lowest BCUT2D eigenvalue weighted by atomic mass is 9.67. The summed E-state index contributed by atoms with van der Waals surface area (Å²) in [5, 5.41) is 6.62. The molecule has 0 aliphatic heterocycles. The predicted octanol–water partition coefficient (Wildman–Crippen LogP) is 2.25. The summed E-state index contributed by atoms with van der Waals surface area (Å²) >= 11 is 0. The number of nitrogens with one attached hydrogen (secondary N) is 2. The van der Waals surface area contributed by atoms with E-state index in [2.05, 4.69) is 15.6 Å². The van der Waals surface area contributed by atoms with Crippen LogP contribution in [0.2, 0.25) is 0 Å². The maximum atomic E-state index is 11.6. The molecule has 0 atom stereocenters. The second-order valence-electron chi connectivity index (χ2n) is 6.55. The molecule has 0 aromatic carbocycles. The number of furan rings is 1. The van der Waals surface area contributed by atoms with Gasteiger partial charge in [-0.2, -0.15) is 0 Å². The van der Waals surface area contributed by atoms with Crippen molar-refractivity contribution in [2.75, 3.05) is 34.4 Å². The largest absolute Gasteiger partial charge is 0.465 e. The van der Waals surface area contributed by atoms with E-state index in [4.69, 9.17) is 13.9 Å². The first kappa shape index (κ1) is 19.3. The van der Waals surface area contributed by atoms with Crippen LogP contribution in [0.4, 0.5) is 0 Å². The minimum absolute atomic E-state index is 0.312. The number of hydrogen-bond donors (Lipinski definition) is 2. The summed E-state index contributed by atoms with van der Waals surface area (Å²) < 4.78 is 15.6. The number of carbonyl (C=O) groups excluding carboxylic acids is 1. The average Bonchev–Trinajstić information content (AvgIpc) is 2.96. The number of aliphatic imine (C=N–C) groups is 1. The van der Waals surface area contributed by atoms with E-state index in [1.165, 1.54) is 26.4 Å². The predicted molar refractivity (Wildman–Crippen MR) is 95.8 cm³/mol. The molecule has 1 aliphatic rings. The molecule has 1 aromatic rings. The lowest BCUT2D eigenvalue weighted by molar-refractivity contribution is 0.0598. The number of aryl methyl sites for hydroxylation is 1. The first-order chi connectivity index (χ1) is 12.0. The van der Waals surface area contributed by atoms with Crippen LogP contribution in [0.25, 0.3) is 0 Å². The third-order valence-corrected chi connectivity index (χ3v) is 4.91. The number of hydrogen-bond acceptors (Lipinski definition) is 5. The summed E-state index contributed by atoms with van der Waals surface area (Å²) in [6, 6.07) is 1.70. The number of carbonyl (C=O) groups is 1. The van der Waals surface area contributed by atoms with E-state index in [0.29, 0.717) is 29.0 Å². The molecule has 0 saturated heterocycles. The number of nitrogens with zero attached hydrogens (tertiary/aromatic N) is 1. The van der Waals surface area contributed by atoms with Gasteiger partial charge >= 0.3 is 5.97 Å². The first-order valence-electron chi connectivity index (χ1n) is 8.64. The zero-order chi connectivity index (χ0) is 18.3. The third kappa shape index (κ3) is 4.98. The molecule has 1 fully saturated rings. The van der Waals surface area contributed by atoms with E-state index in [9.17, 15) is 4.79 Å². The Kier molecular flexibility index (Phi) is 6.87.